The summed E-state index contributed by atoms with van der Waals surface area (Å²) in [5.41, 5.74) is 9.40. The van der Waals surface area contributed by atoms with Crippen molar-refractivity contribution in [3.63, 3.8) is 0 Å². The van der Waals surface area contributed by atoms with E-state index in [2.05, 4.69) is 91.0 Å². The molecule has 7 rings (SSSR count). The molecule has 2 heteroatoms. The minimum absolute atomic E-state index is 0.134. The molecule has 0 fully saturated rings. The number of nitriles is 1. The predicted octanol–water partition coefficient (Wildman–Crippen LogP) is 4.69. The fourth-order valence-corrected chi connectivity index (χ4v) is 8.26. The Balaban J connectivity index is 1.68. The summed E-state index contributed by atoms with van der Waals surface area (Å²) in [6, 6.07) is 37.4. The first-order valence-corrected chi connectivity index (χ1v) is 11.5. The van der Waals surface area contributed by atoms with E-state index in [1.807, 2.05) is 12.1 Å². The molecule has 0 heterocycles. The zero-order chi connectivity index (χ0) is 19.4. The van der Waals surface area contributed by atoms with Crippen LogP contribution in [0.15, 0.2) is 97.1 Å². The summed E-state index contributed by atoms with van der Waals surface area (Å²) in [4.78, 5) is 0. The van der Waals surface area contributed by atoms with Crippen LogP contribution in [0.5, 0.6) is 0 Å². The van der Waals surface area contributed by atoms with Gasteiger partial charge in [0, 0.05) is 0 Å². The molecule has 4 aromatic rings. The van der Waals surface area contributed by atoms with Crippen LogP contribution in [-0.4, -0.2) is 15.0 Å². The average molecular weight is 434 g/mol. The Hall–Kier alpha value is -3.11. The molecule has 136 valence electrons. The van der Waals surface area contributed by atoms with E-state index in [4.69, 9.17) is 0 Å². The second-order valence-corrected chi connectivity index (χ2v) is 10.3. The monoisotopic (exact) mass is 435 g/mol. The van der Waals surface area contributed by atoms with Crippen LogP contribution in [0.3, 0.4) is 0 Å². The first-order valence-electron chi connectivity index (χ1n) is 9.80. The van der Waals surface area contributed by atoms with Crippen LogP contribution >= 0.6 is 0 Å². The third-order valence-electron chi connectivity index (χ3n) is 6.21. The van der Waals surface area contributed by atoms with E-state index in [-0.39, 0.29) is 19.3 Å². The van der Waals surface area contributed by atoms with Crippen LogP contribution in [-0.2, 0) is 4.31 Å². The quantitative estimate of drug-likeness (QED) is 0.420. The summed E-state index contributed by atoms with van der Waals surface area (Å²) >= 11 is 0.134. The summed E-state index contributed by atoms with van der Waals surface area (Å²) in [6.07, 6.45) is 0. The Morgan fingerprint density at radius 1 is 0.621 bits per heavy atom. The molecule has 0 N–H and O–H groups in total. The van der Waals surface area contributed by atoms with E-state index in [1.54, 1.807) is 0 Å². The van der Waals surface area contributed by atoms with Crippen LogP contribution in [0.1, 0.15) is 44.9 Å². The fraction of sp³-hybridized carbons (Fsp3) is 0.0741. The third kappa shape index (κ3) is 2.21. The fourth-order valence-electron chi connectivity index (χ4n) is 5.09. The van der Waals surface area contributed by atoms with Gasteiger partial charge in [0.05, 0.1) is 0 Å². The molecule has 0 unspecified atom stereocenters. The molecule has 0 aliphatic heterocycles. The zero-order valence-corrected chi connectivity index (χ0v) is 17.4. The third-order valence-corrected chi connectivity index (χ3v) is 9.30. The van der Waals surface area contributed by atoms with Crippen molar-refractivity contribution in [1.29, 1.82) is 5.26 Å². The van der Waals surface area contributed by atoms with Gasteiger partial charge >= 0.3 is 177 Å². The molecule has 29 heavy (non-hydrogen) atoms. The molecule has 0 saturated heterocycles. The zero-order valence-electron chi connectivity index (χ0n) is 15.7. The SMILES string of the molecule is N#Cc1ccc([Se]C23c4ccccc4C(c4ccccc42)c2ccccc23)cc1. The maximum atomic E-state index is 9.20. The molecular weight excluding hydrogens is 417 g/mol. The van der Waals surface area contributed by atoms with Crippen molar-refractivity contribution in [2.45, 2.75) is 10.2 Å². The molecular formula is C27H17NSe. The standard InChI is InChI=1S/C27H17NSe/c28-17-18-13-15-19(16-14-18)29-27-23-10-4-1-7-20(23)26(21-8-2-5-11-24(21)27)22-9-3-6-12-25(22)27/h1-16,26H. The Labute approximate surface area is 176 Å². The maximum absolute atomic E-state index is 9.20. The Morgan fingerprint density at radius 2 is 1.07 bits per heavy atom. The normalized spacial score (nSPS) is 20.3. The molecule has 3 aliphatic carbocycles. The van der Waals surface area contributed by atoms with Gasteiger partial charge in [0.25, 0.3) is 0 Å². The predicted molar refractivity (Wildman–Crippen MR) is 117 cm³/mol. The Kier molecular flexibility index (Phi) is 3.59. The van der Waals surface area contributed by atoms with E-state index >= 15 is 0 Å². The van der Waals surface area contributed by atoms with Crippen molar-refractivity contribution in [3.8, 4) is 6.07 Å². The van der Waals surface area contributed by atoms with E-state index in [1.165, 1.54) is 37.8 Å². The van der Waals surface area contributed by atoms with Gasteiger partial charge in [-0.3, -0.25) is 0 Å². The van der Waals surface area contributed by atoms with Gasteiger partial charge in [-0.25, -0.2) is 0 Å². The van der Waals surface area contributed by atoms with Crippen LogP contribution in [0, 0.1) is 11.3 Å². The molecule has 0 aromatic heterocycles. The van der Waals surface area contributed by atoms with Crippen LogP contribution in [0.2, 0.25) is 0 Å². The van der Waals surface area contributed by atoms with Gasteiger partial charge in [-0.15, -0.1) is 0 Å². The number of rotatable bonds is 2. The second kappa shape index (κ2) is 6.19. The first-order chi connectivity index (χ1) is 14.3. The number of hydrogen-bond donors (Lipinski definition) is 0. The molecule has 0 radical (unpaired) electrons. The first kappa shape index (κ1) is 16.8. The van der Waals surface area contributed by atoms with Gasteiger partial charge in [-0.2, -0.15) is 0 Å². The van der Waals surface area contributed by atoms with E-state index in [9.17, 15) is 5.26 Å². The van der Waals surface area contributed by atoms with Gasteiger partial charge in [-0.05, 0) is 0 Å². The summed E-state index contributed by atoms with van der Waals surface area (Å²) in [5, 5.41) is 9.20. The average Bonchev–Trinajstić information content (AvgIpc) is 2.80. The summed E-state index contributed by atoms with van der Waals surface area (Å²) < 4.78 is 1.18. The van der Waals surface area contributed by atoms with E-state index in [0.29, 0.717) is 5.92 Å². The van der Waals surface area contributed by atoms with Crippen LogP contribution in [0.4, 0.5) is 0 Å². The van der Waals surface area contributed by atoms with Gasteiger partial charge in [0.15, 0.2) is 0 Å². The number of hydrogen-bond acceptors (Lipinski definition) is 1. The Morgan fingerprint density at radius 3 is 1.52 bits per heavy atom. The minimum atomic E-state index is -0.139. The molecule has 0 amide bonds. The van der Waals surface area contributed by atoms with Gasteiger partial charge in [0.2, 0.25) is 0 Å². The van der Waals surface area contributed by atoms with Gasteiger partial charge < -0.3 is 0 Å². The molecule has 4 aromatic carbocycles. The molecule has 0 spiro atoms. The van der Waals surface area contributed by atoms with Crippen molar-refractivity contribution in [2.24, 2.45) is 0 Å². The van der Waals surface area contributed by atoms with E-state index in [0.717, 1.165) is 5.56 Å². The second-order valence-electron chi connectivity index (χ2n) is 7.61. The van der Waals surface area contributed by atoms with Crippen molar-refractivity contribution in [1.82, 2.24) is 0 Å². The molecule has 0 saturated carbocycles. The topological polar surface area (TPSA) is 23.8 Å². The molecule has 1 nitrogen and oxygen atoms in total. The molecule has 3 aliphatic rings. The molecule has 0 atom stereocenters. The summed E-state index contributed by atoms with van der Waals surface area (Å²) in [6.45, 7) is 0. The van der Waals surface area contributed by atoms with Crippen molar-refractivity contribution < 1.29 is 0 Å². The van der Waals surface area contributed by atoms with Gasteiger partial charge in [0.1, 0.15) is 0 Å². The van der Waals surface area contributed by atoms with Crippen molar-refractivity contribution in [3.05, 3.63) is 136 Å². The van der Waals surface area contributed by atoms with Crippen LogP contribution < -0.4 is 4.46 Å². The van der Waals surface area contributed by atoms with Gasteiger partial charge in [-0.1, -0.05) is 0 Å². The molecule has 2 bridgehead atoms. The van der Waals surface area contributed by atoms with Crippen molar-refractivity contribution >= 4 is 19.4 Å². The van der Waals surface area contributed by atoms with Crippen LogP contribution in [0.25, 0.3) is 0 Å². The number of nitrogens with zero attached hydrogens (tertiary/aromatic N) is 1. The summed E-state index contributed by atoms with van der Waals surface area (Å²) in [5.74, 6) is 0.317. The van der Waals surface area contributed by atoms with E-state index < -0.39 is 0 Å². The Bertz CT molecular complexity index is 1180. The van der Waals surface area contributed by atoms with Crippen molar-refractivity contribution in [2.75, 3.05) is 0 Å². The number of benzene rings is 4. The summed E-state index contributed by atoms with van der Waals surface area (Å²) in [7, 11) is 0.